The predicted octanol–water partition coefficient (Wildman–Crippen LogP) is 1.95. The summed E-state index contributed by atoms with van der Waals surface area (Å²) in [5.74, 6) is 1.39. The molecule has 25 heavy (non-hydrogen) atoms. The maximum Gasteiger partial charge on any atom is 0.225 e. The Balaban J connectivity index is 1.79. The fraction of sp³-hybridized carbons (Fsp3) is 0.421. The molecule has 1 saturated heterocycles. The van der Waals surface area contributed by atoms with Crippen molar-refractivity contribution in [1.29, 1.82) is 0 Å². The van der Waals surface area contributed by atoms with Gasteiger partial charge in [0, 0.05) is 38.9 Å². The molecule has 1 aromatic heterocycles. The molecule has 1 aliphatic rings. The van der Waals surface area contributed by atoms with Crippen LogP contribution in [0.15, 0.2) is 42.6 Å². The topological polar surface area (TPSA) is 69.6 Å². The summed E-state index contributed by atoms with van der Waals surface area (Å²) in [5, 5.41) is 10.9. The molecule has 0 aliphatic carbocycles. The second-order valence-corrected chi connectivity index (χ2v) is 6.82. The van der Waals surface area contributed by atoms with Crippen molar-refractivity contribution in [3.8, 4) is 11.4 Å². The van der Waals surface area contributed by atoms with Gasteiger partial charge in [-0.3, -0.25) is 4.79 Å². The number of hydrogen-bond donors (Lipinski definition) is 1. The molecule has 0 bridgehead atoms. The van der Waals surface area contributed by atoms with Crippen molar-refractivity contribution < 1.29 is 9.90 Å². The largest absolute Gasteiger partial charge is 0.388 e. The summed E-state index contributed by atoms with van der Waals surface area (Å²) in [6, 6.07) is 11.7. The molecule has 2 aromatic rings. The van der Waals surface area contributed by atoms with Crippen LogP contribution in [-0.2, 0) is 4.79 Å². The fourth-order valence-corrected chi connectivity index (χ4v) is 3.14. The van der Waals surface area contributed by atoms with Gasteiger partial charge >= 0.3 is 0 Å². The van der Waals surface area contributed by atoms with Crippen molar-refractivity contribution in [2.24, 2.45) is 0 Å². The average Bonchev–Trinajstić information content (AvgIpc) is 2.62. The molecule has 1 atom stereocenters. The van der Waals surface area contributed by atoms with Crippen molar-refractivity contribution in [3.05, 3.63) is 42.6 Å². The molecule has 0 radical (unpaired) electrons. The zero-order valence-electron chi connectivity index (χ0n) is 14.7. The first-order valence-corrected chi connectivity index (χ1v) is 8.53. The molecular formula is C19H24N4O2. The molecule has 3 rings (SSSR count). The zero-order chi connectivity index (χ0) is 17.9. The van der Waals surface area contributed by atoms with E-state index >= 15 is 0 Å². The lowest BCUT2D eigenvalue weighted by Gasteiger charge is -2.39. The van der Waals surface area contributed by atoms with E-state index in [2.05, 4.69) is 9.97 Å². The number of rotatable bonds is 4. The smallest absolute Gasteiger partial charge is 0.225 e. The van der Waals surface area contributed by atoms with E-state index in [1.54, 1.807) is 20.3 Å². The highest BCUT2D eigenvalue weighted by Gasteiger charge is 2.36. The molecule has 0 spiro atoms. The first-order valence-electron chi connectivity index (χ1n) is 8.53. The minimum Gasteiger partial charge on any atom is -0.388 e. The van der Waals surface area contributed by atoms with E-state index in [0.717, 1.165) is 24.3 Å². The van der Waals surface area contributed by atoms with Gasteiger partial charge in [0.15, 0.2) is 5.82 Å². The average molecular weight is 340 g/mol. The fourth-order valence-electron chi connectivity index (χ4n) is 3.14. The van der Waals surface area contributed by atoms with E-state index < -0.39 is 5.60 Å². The number of hydrogen-bond acceptors (Lipinski definition) is 5. The van der Waals surface area contributed by atoms with Crippen LogP contribution in [0.3, 0.4) is 0 Å². The van der Waals surface area contributed by atoms with Gasteiger partial charge in [-0.1, -0.05) is 30.3 Å². The highest BCUT2D eigenvalue weighted by molar-refractivity contribution is 5.76. The van der Waals surface area contributed by atoms with Crippen molar-refractivity contribution >= 4 is 11.7 Å². The normalized spacial score (nSPS) is 20.4. The molecule has 1 aromatic carbocycles. The van der Waals surface area contributed by atoms with Crippen LogP contribution in [0.5, 0.6) is 0 Å². The number of benzene rings is 1. The van der Waals surface area contributed by atoms with Gasteiger partial charge in [0.25, 0.3) is 0 Å². The summed E-state index contributed by atoms with van der Waals surface area (Å²) >= 11 is 0. The van der Waals surface area contributed by atoms with Gasteiger partial charge < -0.3 is 14.9 Å². The van der Waals surface area contributed by atoms with Crippen LogP contribution in [0.25, 0.3) is 11.4 Å². The number of nitrogens with zero attached hydrogens (tertiary/aromatic N) is 4. The molecule has 1 unspecified atom stereocenters. The number of β-amino-alcohol motifs (C(OH)–C–C–N with tert-alkyl or cyclic N) is 1. The van der Waals surface area contributed by atoms with Gasteiger partial charge in [-0.05, 0) is 18.9 Å². The van der Waals surface area contributed by atoms with Crippen LogP contribution in [0, 0.1) is 0 Å². The van der Waals surface area contributed by atoms with Gasteiger partial charge in [-0.25, -0.2) is 9.97 Å². The molecule has 0 saturated carbocycles. The van der Waals surface area contributed by atoms with Gasteiger partial charge in [0.2, 0.25) is 5.91 Å². The number of amides is 1. The Morgan fingerprint density at radius 3 is 2.76 bits per heavy atom. The highest BCUT2D eigenvalue weighted by atomic mass is 16.3. The Hall–Kier alpha value is -2.47. The van der Waals surface area contributed by atoms with E-state index in [0.29, 0.717) is 18.8 Å². The highest BCUT2D eigenvalue weighted by Crippen LogP contribution is 2.28. The van der Waals surface area contributed by atoms with Crippen LogP contribution in [-0.4, -0.2) is 58.7 Å². The van der Waals surface area contributed by atoms with Gasteiger partial charge in [0.05, 0.1) is 12.0 Å². The minimum absolute atomic E-state index is 0.0583. The van der Waals surface area contributed by atoms with Crippen molar-refractivity contribution in [2.45, 2.75) is 24.9 Å². The van der Waals surface area contributed by atoms with E-state index in [1.165, 1.54) is 4.90 Å². The second-order valence-electron chi connectivity index (χ2n) is 6.82. The molecule has 1 N–H and O–H groups in total. The predicted molar refractivity (Wildman–Crippen MR) is 97.2 cm³/mol. The van der Waals surface area contributed by atoms with Gasteiger partial charge in [-0.2, -0.15) is 0 Å². The van der Waals surface area contributed by atoms with Crippen molar-refractivity contribution in [3.63, 3.8) is 0 Å². The van der Waals surface area contributed by atoms with Crippen molar-refractivity contribution in [1.82, 2.24) is 14.9 Å². The molecule has 6 nitrogen and oxygen atoms in total. The number of piperidine rings is 1. The van der Waals surface area contributed by atoms with Crippen LogP contribution >= 0.6 is 0 Å². The maximum absolute atomic E-state index is 12.0. The zero-order valence-corrected chi connectivity index (χ0v) is 14.7. The molecule has 132 valence electrons. The SMILES string of the molecule is CN(C)C(=O)CC1(O)CCCN(c2ccnc(-c3ccccc3)n2)C1. The van der Waals surface area contributed by atoms with E-state index in [9.17, 15) is 9.90 Å². The van der Waals surface area contributed by atoms with Crippen molar-refractivity contribution in [2.75, 3.05) is 32.1 Å². The Bertz CT molecular complexity index is 735. The lowest BCUT2D eigenvalue weighted by Crippen LogP contribution is -2.50. The lowest BCUT2D eigenvalue weighted by atomic mass is 9.89. The standard InChI is InChI=1S/C19H24N4O2/c1-22(2)17(24)13-19(25)10-6-12-23(14-19)16-9-11-20-18(21-16)15-7-4-3-5-8-15/h3-5,7-9,11,25H,6,10,12-14H2,1-2H3. The summed E-state index contributed by atoms with van der Waals surface area (Å²) in [6.07, 6.45) is 3.32. The first-order chi connectivity index (χ1) is 12.0. The third kappa shape index (κ3) is 4.14. The molecule has 1 amide bonds. The summed E-state index contributed by atoms with van der Waals surface area (Å²) in [4.78, 5) is 24.6. The first kappa shape index (κ1) is 17.4. The Morgan fingerprint density at radius 2 is 2.04 bits per heavy atom. The number of aromatic nitrogens is 2. The van der Waals surface area contributed by atoms with Crippen LogP contribution in [0.4, 0.5) is 5.82 Å². The monoisotopic (exact) mass is 340 g/mol. The van der Waals surface area contributed by atoms with Gasteiger partial charge in [0.1, 0.15) is 5.82 Å². The van der Waals surface area contributed by atoms with E-state index in [4.69, 9.17) is 0 Å². The molecule has 1 aliphatic heterocycles. The number of aliphatic hydroxyl groups is 1. The lowest BCUT2D eigenvalue weighted by molar-refractivity contribution is -0.134. The third-order valence-corrected chi connectivity index (χ3v) is 4.53. The van der Waals surface area contributed by atoms with Crippen LogP contribution < -0.4 is 4.90 Å². The molecular weight excluding hydrogens is 316 g/mol. The number of anilines is 1. The molecule has 6 heteroatoms. The van der Waals surface area contributed by atoms with E-state index in [1.807, 2.05) is 41.3 Å². The molecule has 2 heterocycles. The minimum atomic E-state index is -1.02. The Labute approximate surface area is 148 Å². The number of carbonyl (C=O) groups excluding carboxylic acids is 1. The van der Waals surface area contributed by atoms with E-state index in [-0.39, 0.29) is 12.3 Å². The summed E-state index contributed by atoms with van der Waals surface area (Å²) in [7, 11) is 3.42. The van der Waals surface area contributed by atoms with Crippen LogP contribution in [0.2, 0.25) is 0 Å². The van der Waals surface area contributed by atoms with Crippen LogP contribution in [0.1, 0.15) is 19.3 Å². The van der Waals surface area contributed by atoms with Gasteiger partial charge in [-0.15, -0.1) is 0 Å². The molecule has 1 fully saturated rings. The second kappa shape index (κ2) is 7.19. The summed E-state index contributed by atoms with van der Waals surface area (Å²) in [6.45, 7) is 1.21. The quantitative estimate of drug-likeness (QED) is 0.921. The Morgan fingerprint density at radius 1 is 1.28 bits per heavy atom. The Kier molecular flexibility index (Phi) is 4.99. The summed E-state index contributed by atoms with van der Waals surface area (Å²) < 4.78 is 0. The maximum atomic E-state index is 12.0. The number of carbonyl (C=O) groups is 1. The third-order valence-electron chi connectivity index (χ3n) is 4.53. The summed E-state index contributed by atoms with van der Waals surface area (Å²) in [5.41, 5.74) is -0.0586.